The SMILES string of the molecule is CCCCCCCCSN1CN=C(Nc2cc(C(C)(C)C)c(O)c(C(C)(C)C)c2)N(SCCCCCCCC)C1. The van der Waals surface area contributed by atoms with Gasteiger partial charge in [0, 0.05) is 28.3 Å². The maximum Gasteiger partial charge on any atom is 0.211 e. The number of phenols is 1. The van der Waals surface area contributed by atoms with E-state index in [4.69, 9.17) is 4.99 Å². The molecule has 0 saturated carbocycles. The Labute approximate surface area is 256 Å². The summed E-state index contributed by atoms with van der Waals surface area (Å²) in [6.07, 6.45) is 15.9. The molecule has 1 aliphatic rings. The van der Waals surface area contributed by atoms with Crippen LogP contribution in [0.1, 0.15) is 144 Å². The van der Waals surface area contributed by atoms with Crippen molar-refractivity contribution in [3.05, 3.63) is 23.3 Å². The zero-order valence-corrected chi connectivity index (χ0v) is 28.7. The second-order valence-electron chi connectivity index (χ2n) is 13.4. The van der Waals surface area contributed by atoms with Gasteiger partial charge in [0.1, 0.15) is 12.4 Å². The topological polar surface area (TPSA) is 51.1 Å². The average molecular weight is 593 g/mol. The highest BCUT2D eigenvalue weighted by atomic mass is 32.2. The van der Waals surface area contributed by atoms with Crippen LogP contribution < -0.4 is 5.32 Å². The Hall–Kier alpha value is -1.05. The molecule has 40 heavy (non-hydrogen) atoms. The van der Waals surface area contributed by atoms with E-state index in [-0.39, 0.29) is 10.8 Å². The standard InChI is InChI=1S/C33H60N4OS2/c1-9-11-13-15-17-19-21-39-36-25-34-31(37(26-36)40-22-20-18-16-14-12-10-2)35-27-23-28(32(3,4)5)30(38)29(24-27)33(6,7)8/h23-24,38H,9-22,25-26H2,1-8H3,(H,34,35). The number of hydrogen-bond donors (Lipinski definition) is 2. The lowest BCUT2D eigenvalue weighted by Gasteiger charge is -2.35. The van der Waals surface area contributed by atoms with Crippen molar-refractivity contribution in [2.75, 3.05) is 30.2 Å². The molecule has 0 spiro atoms. The van der Waals surface area contributed by atoms with Crippen LogP contribution in [0, 0.1) is 0 Å². The first-order chi connectivity index (χ1) is 19.0. The molecular formula is C33H60N4OS2. The van der Waals surface area contributed by atoms with Crippen molar-refractivity contribution in [2.45, 2.75) is 143 Å². The average Bonchev–Trinajstić information content (AvgIpc) is 2.88. The van der Waals surface area contributed by atoms with Gasteiger partial charge >= 0.3 is 0 Å². The molecule has 0 aliphatic carbocycles. The minimum Gasteiger partial charge on any atom is -0.507 e. The quantitative estimate of drug-likeness (QED) is 0.107. The highest BCUT2D eigenvalue weighted by Crippen LogP contribution is 2.41. The predicted octanol–water partition coefficient (Wildman–Crippen LogP) is 10.3. The Morgan fingerprint density at radius 2 is 1.23 bits per heavy atom. The van der Waals surface area contributed by atoms with Crippen LogP contribution in [0.2, 0.25) is 0 Å². The Bertz CT molecular complexity index is 856. The molecular weight excluding hydrogens is 533 g/mol. The fraction of sp³-hybridized carbons (Fsp3) is 0.788. The lowest BCUT2D eigenvalue weighted by atomic mass is 9.79. The van der Waals surface area contributed by atoms with Crippen LogP contribution in [-0.2, 0) is 10.8 Å². The molecule has 7 heteroatoms. The molecule has 1 aromatic rings. The molecule has 0 saturated heterocycles. The van der Waals surface area contributed by atoms with Crippen LogP contribution in [0.4, 0.5) is 5.69 Å². The number of unbranched alkanes of at least 4 members (excludes halogenated alkanes) is 10. The molecule has 0 amide bonds. The maximum atomic E-state index is 11.2. The molecule has 1 heterocycles. The van der Waals surface area contributed by atoms with Crippen molar-refractivity contribution in [1.82, 2.24) is 8.61 Å². The number of hydrogen-bond acceptors (Lipinski definition) is 7. The van der Waals surface area contributed by atoms with Crippen molar-refractivity contribution < 1.29 is 5.11 Å². The fourth-order valence-corrected chi connectivity index (χ4v) is 6.88. The van der Waals surface area contributed by atoms with E-state index >= 15 is 0 Å². The van der Waals surface area contributed by atoms with Crippen molar-refractivity contribution >= 4 is 35.5 Å². The zero-order chi connectivity index (χ0) is 29.6. The Morgan fingerprint density at radius 1 is 0.750 bits per heavy atom. The van der Waals surface area contributed by atoms with Gasteiger partial charge in [0.25, 0.3) is 0 Å². The molecule has 0 fully saturated rings. The molecule has 230 valence electrons. The van der Waals surface area contributed by atoms with Gasteiger partial charge in [-0.2, -0.15) is 0 Å². The lowest BCUT2D eigenvalue weighted by Crippen LogP contribution is -2.43. The third-order valence-corrected chi connectivity index (χ3v) is 9.54. The highest BCUT2D eigenvalue weighted by Gasteiger charge is 2.28. The lowest BCUT2D eigenvalue weighted by molar-refractivity contribution is 0.380. The fourth-order valence-electron chi connectivity index (χ4n) is 4.88. The van der Waals surface area contributed by atoms with Crippen molar-refractivity contribution in [3.63, 3.8) is 0 Å². The molecule has 2 rings (SSSR count). The smallest absolute Gasteiger partial charge is 0.211 e. The van der Waals surface area contributed by atoms with E-state index in [0.29, 0.717) is 12.4 Å². The zero-order valence-electron chi connectivity index (χ0n) is 27.1. The number of benzene rings is 1. The highest BCUT2D eigenvalue weighted by molar-refractivity contribution is 7.98. The summed E-state index contributed by atoms with van der Waals surface area (Å²) in [4.78, 5) is 5.03. The van der Waals surface area contributed by atoms with Crippen molar-refractivity contribution in [3.8, 4) is 5.75 Å². The van der Waals surface area contributed by atoms with Crippen molar-refractivity contribution in [1.29, 1.82) is 0 Å². The van der Waals surface area contributed by atoms with E-state index in [2.05, 4.69) is 81.4 Å². The second-order valence-corrected chi connectivity index (χ2v) is 15.7. The Morgan fingerprint density at radius 3 is 1.73 bits per heavy atom. The molecule has 1 aromatic carbocycles. The molecule has 0 aromatic heterocycles. The maximum absolute atomic E-state index is 11.2. The van der Waals surface area contributed by atoms with Gasteiger partial charge in [0.05, 0.1) is 6.67 Å². The molecule has 0 bridgehead atoms. The summed E-state index contributed by atoms with van der Waals surface area (Å²) in [6, 6.07) is 4.23. The number of guanidine groups is 1. The van der Waals surface area contributed by atoms with Gasteiger partial charge < -0.3 is 10.4 Å². The van der Waals surface area contributed by atoms with Crippen LogP contribution in [0.5, 0.6) is 5.75 Å². The first-order valence-electron chi connectivity index (χ1n) is 15.9. The van der Waals surface area contributed by atoms with Crippen LogP contribution in [-0.4, -0.2) is 44.5 Å². The summed E-state index contributed by atoms with van der Waals surface area (Å²) in [5.41, 5.74) is 2.63. The van der Waals surface area contributed by atoms with Crippen LogP contribution in [0.15, 0.2) is 17.1 Å². The van der Waals surface area contributed by atoms with E-state index in [1.807, 2.05) is 23.9 Å². The summed E-state index contributed by atoms with van der Waals surface area (Å²) < 4.78 is 4.76. The third kappa shape index (κ3) is 12.4. The van der Waals surface area contributed by atoms with Gasteiger partial charge in [-0.05, 0) is 47.8 Å². The molecule has 5 nitrogen and oxygen atoms in total. The number of rotatable bonds is 17. The molecule has 0 radical (unpaired) electrons. The summed E-state index contributed by atoms with van der Waals surface area (Å²) in [6.45, 7) is 19.1. The molecule has 2 N–H and O–H groups in total. The minimum atomic E-state index is -0.160. The minimum absolute atomic E-state index is 0.160. The first kappa shape index (κ1) is 35.1. The number of nitrogens with one attached hydrogen (secondary N) is 1. The van der Waals surface area contributed by atoms with E-state index in [1.54, 1.807) is 0 Å². The van der Waals surface area contributed by atoms with Gasteiger partial charge in [0.2, 0.25) is 5.96 Å². The number of aliphatic imine (C=N–C) groups is 1. The van der Waals surface area contributed by atoms with E-state index in [9.17, 15) is 5.11 Å². The number of phenolic OH excluding ortho intramolecular Hbond substituents is 1. The third-order valence-electron chi connectivity index (χ3n) is 7.40. The monoisotopic (exact) mass is 592 g/mol. The normalized spacial score (nSPS) is 15.0. The van der Waals surface area contributed by atoms with Gasteiger partial charge in [0.15, 0.2) is 0 Å². The molecule has 0 atom stereocenters. The largest absolute Gasteiger partial charge is 0.507 e. The van der Waals surface area contributed by atoms with E-state index in [1.165, 1.54) is 82.8 Å². The van der Waals surface area contributed by atoms with Gasteiger partial charge in [-0.25, -0.2) is 9.30 Å². The predicted molar refractivity (Wildman–Crippen MR) is 182 cm³/mol. The Balaban J connectivity index is 2.12. The van der Waals surface area contributed by atoms with Crippen molar-refractivity contribution in [2.24, 2.45) is 4.99 Å². The number of anilines is 1. The van der Waals surface area contributed by atoms with E-state index in [0.717, 1.165) is 35.2 Å². The molecule has 1 aliphatic heterocycles. The summed E-state index contributed by atoms with van der Waals surface area (Å²) in [7, 11) is 0. The molecule has 0 unspecified atom stereocenters. The van der Waals surface area contributed by atoms with E-state index < -0.39 is 0 Å². The van der Waals surface area contributed by atoms with Gasteiger partial charge in [-0.15, -0.1) is 0 Å². The summed E-state index contributed by atoms with van der Waals surface area (Å²) in [5, 5.41) is 14.9. The first-order valence-corrected chi connectivity index (χ1v) is 17.8. The van der Waals surface area contributed by atoms with Gasteiger partial charge in [-0.1, -0.05) is 132 Å². The summed E-state index contributed by atoms with van der Waals surface area (Å²) in [5.74, 6) is 3.63. The second kappa shape index (κ2) is 17.8. The van der Waals surface area contributed by atoms with Crippen LogP contribution >= 0.6 is 23.9 Å². The Kier molecular flexibility index (Phi) is 15.6. The van der Waals surface area contributed by atoms with Gasteiger partial charge in [-0.3, -0.25) is 4.31 Å². The number of nitrogens with zero attached hydrogens (tertiary/aromatic N) is 3. The summed E-state index contributed by atoms with van der Waals surface area (Å²) >= 11 is 3.85. The number of aromatic hydroxyl groups is 1. The van der Waals surface area contributed by atoms with Crippen LogP contribution in [0.3, 0.4) is 0 Å². The van der Waals surface area contributed by atoms with Crippen LogP contribution in [0.25, 0.3) is 0 Å².